The van der Waals surface area contributed by atoms with Gasteiger partial charge in [0.05, 0.1) is 5.92 Å². The largest absolute Gasteiger partial charge is 0.420 e. The van der Waals surface area contributed by atoms with Crippen molar-refractivity contribution in [2.45, 2.75) is 86.9 Å². The molecule has 158 valence electrons. The van der Waals surface area contributed by atoms with Gasteiger partial charge in [-0.1, -0.05) is 61.8 Å². The van der Waals surface area contributed by atoms with Crippen LogP contribution in [-0.4, -0.2) is 29.4 Å². The van der Waals surface area contributed by atoms with Crippen LogP contribution in [0.1, 0.15) is 81.1 Å². The minimum atomic E-state index is -1.51. The summed E-state index contributed by atoms with van der Waals surface area (Å²) in [5.74, 6) is -3.69. The molecular weight excluding hydrogens is 352 g/mol. The Balaban J connectivity index is 2.83. The molecule has 2 unspecified atom stereocenters. The first-order chi connectivity index (χ1) is 12.2. The second-order valence-corrected chi connectivity index (χ2v) is 10.3. The van der Waals surface area contributed by atoms with E-state index in [4.69, 9.17) is 19.6 Å². The van der Waals surface area contributed by atoms with E-state index >= 15 is 0 Å². The zero-order valence-electron chi connectivity index (χ0n) is 18.0. The van der Waals surface area contributed by atoms with Gasteiger partial charge in [0.2, 0.25) is 0 Å². The van der Waals surface area contributed by atoms with Crippen molar-refractivity contribution in [2.24, 2.45) is 22.2 Å². The van der Waals surface area contributed by atoms with E-state index in [1.54, 1.807) is 0 Å². The molecule has 0 aromatic heterocycles. The molecule has 0 saturated carbocycles. The van der Waals surface area contributed by atoms with Crippen molar-refractivity contribution < 1.29 is 34.2 Å². The number of hydrogen-bond acceptors (Lipinski definition) is 7. The molecule has 1 saturated heterocycles. The van der Waals surface area contributed by atoms with E-state index in [1.165, 1.54) is 0 Å². The minimum absolute atomic E-state index is 0.162. The lowest BCUT2D eigenvalue weighted by Gasteiger charge is -2.37. The Morgan fingerprint density at radius 3 is 1.93 bits per heavy atom. The van der Waals surface area contributed by atoms with Crippen LogP contribution in [0.2, 0.25) is 0 Å². The van der Waals surface area contributed by atoms with Gasteiger partial charge in [0.1, 0.15) is 0 Å². The topological polar surface area (TPSA) is 97.9 Å². The van der Waals surface area contributed by atoms with E-state index in [-0.39, 0.29) is 23.9 Å². The van der Waals surface area contributed by atoms with Gasteiger partial charge in [-0.15, -0.1) is 0 Å². The summed E-state index contributed by atoms with van der Waals surface area (Å²) < 4.78 is 0. The molecule has 1 fully saturated rings. The van der Waals surface area contributed by atoms with Gasteiger partial charge in [-0.05, 0) is 23.7 Å². The third kappa shape index (κ3) is 7.05. The molecule has 1 N–H and O–H groups in total. The van der Waals surface area contributed by atoms with E-state index in [0.717, 1.165) is 6.42 Å². The van der Waals surface area contributed by atoms with Crippen LogP contribution in [0.25, 0.3) is 0 Å². The molecule has 27 heavy (non-hydrogen) atoms. The molecule has 0 amide bonds. The Hall–Kier alpha value is -1.18. The zero-order chi connectivity index (χ0) is 21.1. The Morgan fingerprint density at radius 2 is 1.56 bits per heavy atom. The zero-order valence-corrected chi connectivity index (χ0v) is 18.0. The maximum absolute atomic E-state index is 12.7. The number of carbonyl (C=O) groups excluding carboxylic acids is 2. The highest BCUT2D eigenvalue weighted by Gasteiger charge is 2.61. The second-order valence-electron chi connectivity index (χ2n) is 10.3. The molecule has 1 aliphatic rings. The van der Waals surface area contributed by atoms with Crippen LogP contribution in [0, 0.1) is 22.2 Å². The lowest BCUT2D eigenvalue weighted by molar-refractivity contribution is -0.270. The van der Waals surface area contributed by atoms with Gasteiger partial charge in [-0.25, -0.2) is 19.4 Å². The summed E-state index contributed by atoms with van der Waals surface area (Å²) in [5, 5.41) is 9.92. The molecule has 7 nitrogen and oxygen atoms in total. The third-order valence-electron chi connectivity index (χ3n) is 4.68. The smallest absolute Gasteiger partial charge is 0.396 e. The summed E-state index contributed by atoms with van der Waals surface area (Å²) in [6, 6.07) is 0. The maximum Gasteiger partial charge on any atom is 0.420 e. The predicted octanol–water partition coefficient (Wildman–Crippen LogP) is 3.93. The molecule has 0 radical (unpaired) electrons. The average molecular weight is 389 g/mol. The highest BCUT2D eigenvalue weighted by Crippen LogP contribution is 2.43. The van der Waals surface area contributed by atoms with Crippen LogP contribution >= 0.6 is 0 Å². The van der Waals surface area contributed by atoms with Crippen molar-refractivity contribution >= 4 is 11.9 Å². The summed E-state index contributed by atoms with van der Waals surface area (Å²) in [6.07, 6.45) is 2.21. The van der Waals surface area contributed by atoms with Crippen molar-refractivity contribution in [1.82, 2.24) is 0 Å². The Morgan fingerprint density at radius 1 is 1.00 bits per heavy atom. The number of carbonyl (C=O) groups is 2. The van der Waals surface area contributed by atoms with Gasteiger partial charge in [-0.3, -0.25) is 0 Å². The van der Waals surface area contributed by atoms with Crippen molar-refractivity contribution in [3.63, 3.8) is 0 Å². The first-order valence-corrected chi connectivity index (χ1v) is 9.58. The lowest BCUT2D eigenvalue weighted by atomic mass is 9.68. The molecule has 1 heterocycles. The van der Waals surface area contributed by atoms with E-state index in [0.29, 0.717) is 12.8 Å². The molecule has 0 aromatic rings. The Kier molecular flexibility index (Phi) is 7.47. The molecule has 2 atom stereocenters. The lowest BCUT2D eigenvalue weighted by Crippen LogP contribution is -2.41. The highest BCUT2D eigenvalue weighted by atomic mass is 17.4. The van der Waals surface area contributed by atoms with Crippen molar-refractivity contribution in [3.05, 3.63) is 0 Å². The first kappa shape index (κ1) is 23.9. The minimum Gasteiger partial charge on any atom is -0.396 e. The number of aliphatic hydroxyl groups is 1. The third-order valence-corrected chi connectivity index (χ3v) is 4.68. The first-order valence-electron chi connectivity index (χ1n) is 9.58. The van der Waals surface area contributed by atoms with Crippen molar-refractivity contribution in [3.8, 4) is 0 Å². The van der Waals surface area contributed by atoms with Crippen LogP contribution < -0.4 is 0 Å². The quantitative estimate of drug-likeness (QED) is 0.382. The summed E-state index contributed by atoms with van der Waals surface area (Å²) in [4.78, 5) is 44.3. The predicted molar refractivity (Wildman–Crippen MR) is 98.8 cm³/mol. The van der Waals surface area contributed by atoms with E-state index in [1.807, 2.05) is 55.4 Å². The normalized spacial score (nSPS) is 19.7. The fourth-order valence-corrected chi connectivity index (χ4v) is 3.31. The van der Waals surface area contributed by atoms with Gasteiger partial charge in [0.25, 0.3) is 0 Å². The van der Waals surface area contributed by atoms with Crippen LogP contribution in [0.4, 0.5) is 0 Å². The summed E-state index contributed by atoms with van der Waals surface area (Å²) in [7, 11) is 0. The molecule has 1 rings (SSSR count). The monoisotopic (exact) mass is 388 g/mol. The number of rotatable bonds is 8. The fourth-order valence-electron chi connectivity index (χ4n) is 3.31. The molecule has 0 aliphatic carbocycles. The molecular formula is C20H36O7. The van der Waals surface area contributed by atoms with Crippen LogP contribution in [0.3, 0.4) is 0 Å². The molecule has 1 aliphatic heterocycles. The molecule has 0 spiro atoms. The highest BCUT2D eigenvalue weighted by molar-refractivity contribution is 5.80. The summed E-state index contributed by atoms with van der Waals surface area (Å²) in [5.41, 5.74) is -1.08. The van der Waals surface area contributed by atoms with Gasteiger partial charge >= 0.3 is 17.7 Å². The standard InChI is InChI=1S/C20H36O7/c1-9-10-19(8,13-21)14(11-17(2,3)4)15(22)24-25-16(23)20(26-27-20)12-18(5,6)7/h14,21H,9-13H2,1-8H3. The fraction of sp³-hybridized carbons (Fsp3) is 0.900. The van der Waals surface area contributed by atoms with Crippen molar-refractivity contribution in [1.29, 1.82) is 0 Å². The van der Waals surface area contributed by atoms with E-state index in [2.05, 4.69) is 0 Å². The number of aliphatic hydroxyl groups excluding tert-OH is 1. The van der Waals surface area contributed by atoms with Crippen LogP contribution in [0.5, 0.6) is 0 Å². The molecule has 0 bridgehead atoms. The van der Waals surface area contributed by atoms with Gasteiger partial charge in [0.15, 0.2) is 0 Å². The van der Waals surface area contributed by atoms with Gasteiger partial charge in [0, 0.05) is 18.4 Å². The van der Waals surface area contributed by atoms with Crippen LogP contribution in [0.15, 0.2) is 0 Å². The Labute approximate surface area is 162 Å². The SMILES string of the molecule is CCCC(C)(CO)C(CC(C)(C)C)C(=O)OOC(=O)C1(CC(C)(C)C)OO1. The number of hydrogen-bond donors (Lipinski definition) is 1. The van der Waals surface area contributed by atoms with E-state index < -0.39 is 29.1 Å². The maximum atomic E-state index is 12.7. The summed E-state index contributed by atoms with van der Waals surface area (Å²) >= 11 is 0. The average Bonchev–Trinajstić information content (AvgIpc) is 3.28. The molecule has 7 heteroatoms. The summed E-state index contributed by atoms with van der Waals surface area (Å²) in [6.45, 7) is 15.5. The van der Waals surface area contributed by atoms with Crippen molar-refractivity contribution in [2.75, 3.05) is 6.61 Å². The molecule has 0 aromatic carbocycles. The Bertz CT molecular complexity index is 525. The van der Waals surface area contributed by atoms with Gasteiger partial charge < -0.3 is 5.11 Å². The van der Waals surface area contributed by atoms with E-state index in [9.17, 15) is 14.7 Å². The van der Waals surface area contributed by atoms with Crippen LogP contribution in [-0.2, 0) is 29.1 Å². The second kappa shape index (κ2) is 8.45. The van der Waals surface area contributed by atoms with Gasteiger partial charge in [-0.2, -0.15) is 9.78 Å².